The van der Waals surface area contributed by atoms with Crippen LogP contribution in [0.1, 0.15) is 21.9 Å². The van der Waals surface area contributed by atoms with Crippen LogP contribution < -0.4 is 5.32 Å². The number of methoxy groups -OCH3 is 1. The second-order valence-corrected chi connectivity index (χ2v) is 3.80. The Morgan fingerprint density at radius 1 is 1.59 bits per heavy atom. The Labute approximate surface area is 96.8 Å². The summed E-state index contributed by atoms with van der Waals surface area (Å²) in [4.78, 5) is 19.6. The molecule has 0 spiro atoms. The van der Waals surface area contributed by atoms with Gasteiger partial charge in [-0.05, 0) is 0 Å². The predicted molar refractivity (Wildman–Crippen MR) is 57.5 cm³/mol. The van der Waals surface area contributed by atoms with Gasteiger partial charge in [-0.1, -0.05) is 0 Å². The van der Waals surface area contributed by atoms with Crippen LogP contribution in [0, 0.1) is 0 Å². The van der Waals surface area contributed by atoms with Crippen LogP contribution in [0.15, 0.2) is 6.20 Å². The highest BCUT2D eigenvalue weighted by Crippen LogP contribution is 2.13. The Morgan fingerprint density at radius 2 is 2.47 bits per heavy atom. The lowest BCUT2D eigenvalue weighted by Crippen LogP contribution is -2.26. The number of aromatic nitrogens is 4. The third-order valence-electron chi connectivity index (χ3n) is 2.77. The maximum atomic E-state index is 11.4. The molecular weight excluding hydrogens is 222 g/mol. The molecule has 0 aromatic carbocycles. The van der Waals surface area contributed by atoms with Crippen molar-refractivity contribution in [2.24, 2.45) is 0 Å². The van der Waals surface area contributed by atoms with Crippen molar-refractivity contribution in [1.29, 1.82) is 0 Å². The highest BCUT2D eigenvalue weighted by molar-refractivity contribution is 5.85. The second kappa shape index (κ2) is 3.77. The third kappa shape index (κ3) is 1.55. The molecule has 0 bridgehead atoms. The Balaban J connectivity index is 2.18. The van der Waals surface area contributed by atoms with Crippen LogP contribution in [-0.4, -0.2) is 39.2 Å². The minimum absolute atomic E-state index is 0.0481. The minimum Gasteiger partial charge on any atom is -0.463 e. The number of hydrogen-bond donors (Lipinski definition) is 1. The van der Waals surface area contributed by atoms with Crippen molar-refractivity contribution in [2.45, 2.75) is 13.0 Å². The molecule has 2 aromatic rings. The van der Waals surface area contributed by atoms with Crippen LogP contribution in [0.25, 0.3) is 5.78 Å². The second-order valence-electron chi connectivity index (χ2n) is 3.80. The molecule has 0 aliphatic carbocycles. The molecule has 0 radical (unpaired) electrons. The van der Waals surface area contributed by atoms with Crippen molar-refractivity contribution in [3.05, 3.63) is 23.3 Å². The Morgan fingerprint density at radius 3 is 3.29 bits per heavy atom. The van der Waals surface area contributed by atoms with Gasteiger partial charge >= 0.3 is 5.97 Å². The summed E-state index contributed by atoms with van der Waals surface area (Å²) in [7, 11) is 1.31. The quantitative estimate of drug-likeness (QED) is 0.672. The average molecular weight is 233 g/mol. The van der Waals surface area contributed by atoms with Crippen LogP contribution in [-0.2, 0) is 17.7 Å². The lowest BCUT2D eigenvalue weighted by atomic mass is 10.1. The lowest BCUT2D eigenvalue weighted by molar-refractivity contribution is 0.0587. The summed E-state index contributed by atoms with van der Waals surface area (Å²) < 4.78 is 6.22. The molecule has 0 saturated carbocycles. The highest BCUT2D eigenvalue weighted by atomic mass is 16.5. The summed E-state index contributed by atoms with van der Waals surface area (Å²) in [5.74, 6) is -0.0591. The van der Waals surface area contributed by atoms with E-state index in [9.17, 15) is 4.79 Å². The number of nitrogens with zero attached hydrogens (tertiary/aromatic N) is 4. The smallest absolute Gasteiger partial charge is 0.378 e. The maximum absolute atomic E-state index is 11.4. The van der Waals surface area contributed by atoms with Crippen molar-refractivity contribution >= 4 is 11.7 Å². The van der Waals surface area contributed by atoms with E-state index in [0.29, 0.717) is 5.78 Å². The summed E-state index contributed by atoms with van der Waals surface area (Å²) in [5.41, 5.74) is 2.14. The zero-order chi connectivity index (χ0) is 11.8. The van der Waals surface area contributed by atoms with E-state index in [0.717, 1.165) is 30.8 Å². The fraction of sp³-hybridized carbons (Fsp3) is 0.400. The van der Waals surface area contributed by atoms with E-state index in [1.165, 1.54) is 7.11 Å². The van der Waals surface area contributed by atoms with Gasteiger partial charge in [0.05, 0.1) is 12.8 Å². The third-order valence-corrected chi connectivity index (χ3v) is 2.77. The highest BCUT2D eigenvalue weighted by Gasteiger charge is 2.18. The van der Waals surface area contributed by atoms with Gasteiger partial charge in [-0.3, -0.25) is 0 Å². The van der Waals surface area contributed by atoms with E-state index in [1.54, 1.807) is 10.7 Å². The molecule has 2 aromatic heterocycles. The van der Waals surface area contributed by atoms with E-state index in [1.807, 2.05) is 0 Å². The van der Waals surface area contributed by atoms with Gasteiger partial charge in [-0.15, -0.1) is 5.10 Å². The fourth-order valence-corrected chi connectivity index (χ4v) is 1.94. The molecule has 17 heavy (non-hydrogen) atoms. The molecule has 0 atom stereocenters. The zero-order valence-corrected chi connectivity index (χ0v) is 9.30. The van der Waals surface area contributed by atoms with Crippen LogP contribution in [0.2, 0.25) is 0 Å². The molecule has 0 unspecified atom stereocenters. The zero-order valence-electron chi connectivity index (χ0n) is 9.30. The standard InChI is InChI=1S/C10H11N5O2/c1-17-9(16)8-13-10-12-5-6-4-11-3-2-7(6)15(10)14-8/h5,11H,2-4H2,1H3. The number of ether oxygens (including phenoxy) is 1. The first-order valence-corrected chi connectivity index (χ1v) is 5.32. The molecule has 88 valence electrons. The first-order valence-electron chi connectivity index (χ1n) is 5.32. The van der Waals surface area contributed by atoms with Gasteiger partial charge in [0.1, 0.15) is 0 Å². The largest absolute Gasteiger partial charge is 0.463 e. The van der Waals surface area contributed by atoms with E-state index in [2.05, 4.69) is 25.1 Å². The Hall–Kier alpha value is -2.02. The molecule has 7 nitrogen and oxygen atoms in total. The van der Waals surface area contributed by atoms with Gasteiger partial charge in [0, 0.05) is 31.3 Å². The van der Waals surface area contributed by atoms with Crippen LogP contribution in [0.4, 0.5) is 0 Å². The number of rotatable bonds is 1. The molecule has 7 heteroatoms. The molecule has 1 aliphatic rings. The van der Waals surface area contributed by atoms with Crippen LogP contribution in [0.5, 0.6) is 0 Å². The number of hydrogen-bond acceptors (Lipinski definition) is 6. The normalized spacial score (nSPS) is 14.6. The lowest BCUT2D eigenvalue weighted by Gasteiger charge is -2.16. The van der Waals surface area contributed by atoms with Crippen LogP contribution in [0.3, 0.4) is 0 Å². The molecule has 0 amide bonds. The fourth-order valence-electron chi connectivity index (χ4n) is 1.94. The topological polar surface area (TPSA) is 81.4 Å². The van der Waals surface area contributed by atoms with Crippen molar-refractivity contribution in [3.63, 3.8) is 0 Å². The molecule has 3 rings (SSSR count). The Kier molecular flexibility index (Phi) is 2.25. The van der Waals surface area contributed by atoms with E-state index < -0.39 is 5.97 Å². The van der Waals surface area contributed by atoms with E-state index in [-0.39, 0.29) is 5.82 Å². The van der Waals surface area contributed by atoms with Gasteiger partial charge in [-0.25, -0.2) is 14.3 Å². The first kappa shape index (κ1) is 10.2. The van der Waals surface area contributed by atoms with Gasteiger partial charge in [-0.2, -0.15) is 4.98 Å². The van der Waals surface area contributed by atoms with Gasteiger partial charge in [0.2, 0.25) is 0 Å². The average Bonchev–Trinajstić information content (AvgIpc) is 2.82. The minimum atomic E-state index is -0.543. The van der Waals surface area contributed by atoms with Crippen LogP contribution >= 0.6 is 0 Å². The number of carbonyl (C=O) groups excluding carboxylic acids is 1. The van der Waals surface area contributed by atoms with Gasteiger partial charge < -0.3 is 10.1 Å². The molecule has 1 N–H and O–H groups in total. The Bertz CT molecular complexity index is 592. The summed E-state index contributed by atoms with van der Waals surface area (Å²) >= 11 is 0. The molecular formula is C10H11N5O2. The van der Waals surface area contributed by atoms with E-state index in [4.69, 9.17) is 0 Å². The number of nitrogens with one attached hydrogen (secondary N) is 1. The summed E-state index contributed by atoms with van der Waals surface area (Å²) in [6.45, 7) is 1.66. The maximum Gasteiger partial charge on any atom is 0.378 e. The van der Waals surface area contributed by atoms with E-state index >= 15 is 0 Å². The summed E-state index contributed by atoms with van der Waals surface area (Å²) in [6, 6.07) is 0. The monoisotopic (exact) mass is 233 g/mol. The van der Waals surface area contributed by atoms with Crippen molar-refractivity contribution in [2.75, 3.05) is 13.7 Å². The predicted octanol–water partition coefficient (Wildman–Crippen LogP) is -0.443. The molecule has 0 fully saturated rings. The van der Waals surface area contributed by atoms with Crippen molar-refractivity contribution in [3.8, 4) is 0 Å². The number of carbonyl (C=O) groups is 1. The summed E-state index contributed by atoms with van der Waals surface area (Å²) in [6.07, 6.45) is 2.62. The first-order chi connectivity index (χ1) is 8.29. The van der Waals surface area contributed by atoms with Gasteiger partial charge in [0.25, 0.3) is 11.6 Å². The molecule has 1 aliphatic heterocycles. The van der Waals surface area contributed by atoms with Crippen molar-refractivity contribution in [1.82, 2.24) is 24.9 Å². The molecule has 3 heterocycles. The van der Waals surface area contributed by atoms with Gasteiger partial charge in [0.15, 0.2) is 0 Å². The summed E-state index contributed by atoms with van der Waals surface area (Å²) in [5, 5.41) is 7.39. The molecule has 0 saturated heterocycles. The number of esters is 1. The van der Waals surface area contributed by atoms with Crippen molar-refractivity contribution < 1.29 is 9.53 Å². The number of fused-ring (bicyclic) bond motifs is 3. The SMILES string of the molecule is COC(=O)c1nc2ncc3c(n2n1)CCNC3.